The maximum atomic E-state index is 5.14. The van der Waals surface area contributed by atoms with Crippen LogP contribution in [0, 0.1) is 0 Å². The highest BCUT2D eigenvalue weighted by molar-refractivity contribution is 9.10. The molecular formula is C11H16BrN3OS. The Kier molecular flexibility index (Phi) is 4.14. The summed E-state index contributed by atoms with van der Waals surface area (Å²) in [4.78, 5) is 8.50. The van der Waals surface area contributed by atoms with E-state index in [1.807, 2.05) is 11.8 Å². The van der Waals surface area contributed by atoms with Crippen molar-refractivity contribution in [3.8, 4) is 5.88 Å². The van der Waals surface area contributed by atoms with Crippen LogP contribution < -0.4 is 10.1 Å². The van der Waals surface area contributed by atoms with Crippen molar-refractivity contribution in [2.75, 3.05) is 24.7 Å². The monoisotopic (exact) mass is 317 g/mol. The molecule has 1 unspecified atom stereocenters. The van der Waals surface area contributed by atoms with Gasteiger partial charge in [-0.3, -0.25) is 0 Å². The van der Waals surface area contributed by atoms with Crippen LogP contribution in [-0.4, -0.2) is 34.1 Å². The fraction of sp³-hybridized carbons (Fsp3) is 0.636. The van der Waals surface area contributed by atoms with Crippen LogP contribution in [-0.2, 0) is 0 Å². The molecule has 6 heteroatoms. The molecule has 17 heavy (non-hydrogen) atoms. The minimum Gasteiger partial charge on any atom is -0.480 e. The lowest BCUT2D eigenvalue weighted by molar-refractivity contribution is 0.394. The van der Waals surface area contributed by atoms with Crippen molar-refractivity contribution in [2.45, 2.75) is 24.5 Å². The normalized spacial score (nSPS) is 23.7. The maximum absolute atomic E-state index is 5.14. The zero-order valence-electron chi connectivity index (χ0n) is 9.99. The number of aromatic nitrogens is 2. The first kappa shape index (κ1) is 13.0. The summed E-state index contributed by atoms with van der Waals surface area (Å²) < 4.78 is 6.22. The molecule has 2 rings (SSSR count). The molecule has 0 saturated carbocycles. The van der Waals surface area contributed by atoms with Crippen LogP contribution in [0.1, 0.15) is 19.8 Å². The minimum absolute atomic E-state index is 0.309. The lowest BCUT2D eigenvalue weighted by Crippen LogP contribution is -2.27. The van der Waals surface area contributed by atoms with Crippen LogP contribution >= 0.6 is 27.7 Å². The highest BCUT2D eigenvalue weighted by Gasteiger charge is 2.29. The first-order chi connectivity index (χ1) is 8.13. The van der Waals surface area contributed by atoms with E-state index in [1.165, 1.54) is 18.6 Å². The highest BCUT2D eigenvalue weighted by Crippen LogP contribution is 2.37. The van der Waals surface area contributed by atoms with Gasteiger partial charge in [-0.15, -0.1) is 0 Å². The summed E-state index contributed by atoms with van der Waals surface area (Å²) in [5.74, 6) is 2.44. The van der Waals surface area contributed by atoms with Gasteiger partial charge in [0, 0.05) is 11.3 Å². The number of nitrogens with zero attached hydrogens (tertiary/aromatic N) is 2. The van der Waals surface area contributed by atoms with E-state index in [-0.39, 0.29) is 0 Å². The van der Waals surface area contributed by atoms with Gasteiger partial charge in [-0.25, -0.2) is 4.98 Å². The highest BCUT2D eigenvalue weighted by atomic mass is 79.9. The van der Waals surface area contributed by atoms with Gasteiger partial charge < -0.3 is 10.1 Å². The van der Waals surface area contributed by atoms with Gasteiger partial charge in [0.05, 0.1) is 17.8 Å². The van der Waals surface area contributed by atoms with Crippen LogP contribution in [0.5, 0.6) is 5.88 Å². The molecule has 94 valence electrons. The molecule has 0 spiro atoms. The van der Waals surface area contributed by atoms with Crippen LogP contribution in [0.2, 0.25) is 0 Å². The third-order valence-corrected chi connectivity index (χ3v) is 4.91. The third-order valence-electron chi connectivity index (χ3n) is 2.83. The van der Waals surface area contributed by atoms with Crippen molar-refractivity contribution in [2.24, 2.45) is 0 Å². The molecule has 0 radical (unpaired) electrons. The zero-order chi connectivity index (χ0) is 12.3. The number of methoxy groups -OCH3 is 1. The van der Waals surface area contributed by atoms with E-state index >= 15 is 0 Å². The van der Waals surface area contributed by atoms with Gasteiger partial charge in [0.1, 0.15) is 0 Å². The predicted octanol–water partition coefficient (Wildman–Crippen LogP) is 2.95. The summed E-state index contributed by atoms with van der Waals surface area (Å²) in [6.45, 7) is 3.18. The second-order valence-corrected chi connectivity index (χ2v) is 6.84. The van der Waals surface area contributed by atoms with Crippen LogP contribution in [0.25, 0.3) is 0 Å². The standard InChI is InChI=1S/C11H16BrN3OS/c1-11(4-3-5-17-11)7-14-10-13-6-8(12)9(15-10)16-2/h6H,3-5,7H2,1-2H3,(H,13,14,15). The Balaban J connectivity index is 1.99. The molecule has 1 aromatic rings. The number of hydrogen-bond donors (Lipinski definition) is 1. The van der Waals surface area contributed by atoms with Crippen molar-refractivity contribution in [1.29, 1.82) is 0 Å². The van der Waals surface area contributed by atoms with Crippen molar-refractivity contribution in [3.05, 3.63) is 10.7 Å². The molecule has 1 atom stereocenters. The number of anilines is 1. The zero-order valence-corrected chi connectivity index (χ0v) is 12.4. The fourth-order valence-electron chi connectivity index (χ4n) is 1.82. The molecule has 1 fully saturated rings. The Bertz CT molecular complexity index is 396. The number of nitrogens with one attached hydrogen (secondary N) is 1. The van der Waals surface area contributed by atoms with Gasteiger partial charge in [-0.2, -0.15) is 16.7 Å². The van der Waals surface area contributed by atoms with Crippen LogP contribution in [0.4, 0.5) is 5.95 Å². The van der Waals surface area contributed by atoms with Crippen LogP contribution in [0.15, 0.2) is 10.7 Å². The fourth-order valence-corrected chi connectivity index (χ4v) is 3.42. The molecule has 1 aromatic heterocycles. The molecule has 0 bridgehead atoms. The third kappa shape index (κ3) is 3.25. The van der Waals surface area contributed by atoms with Crippen molar-refractivity contribution >= 4 is 33.6 Å². The molecule has 1 aliphatic rings. The van der Waals surface area contributed by atoms with Crippen LogP contribution in [0.3, 0.4) is 0 Å². The average molecular weight is 318 g/mol. The second-order valence-electron chi connectivity index (χ2n) is 4.31. The Hall–Kier alpha value is -0.490. The minimum atomic E-state index is 0.309. The first-order valence-corrected chi connectivity index (χ1v) is 7.35. The van der Waals surface area contributed by atoms with Gasteiger partial charge in [0.2, 0.25) is 11.8 Å². The lowest BCUT2D eigenvalue weighted by atomic mass is 10.1. The maximum Gasteiger partial charge on any atom is 0.232 e. The van der Waals surface area contributed by atoms with Crippen molar-refractivity contribution < 1.29 is 4.74 Å². The molecule has 0 aromatic carbocycles. The number of hydrogen-bond acceptors (Lipinski definition) is 5. The summed E-state index contributed by atoms with van der Waals surface area (Å²) in [6, 6.07) is 0. The van der Waals surface area contributed by atoms with E-state index < -0.39 is 0 Å². The topological polar surface area (TPSA) is 47.0 Å². The molecule has 0 amide bonds. The van der Waals surface area contributed by atoms with Gasteiger partial charge in [0.25, 0.3) is 0 Å². The molecule has 1 saturated heterocycles. The van der Waals surface area contributed by atoms with Gasteiger partial charge >= 0.3 is 0 Å². The molecule has 4 nitrogen and oxygen atoms in total. The Morgan fingerprint density at radius 1 is 1.65 bits per heavy atom. The Labute approximate surface area is 114 Å². The van der Waals surface area contributed by atoms with Gasteiger partial charge in [-0.05, 0) is 41.4 Å². The first-order valence-electron chi connectivity index (χ1n) is 5.57. The summed E-state index contributed by atoms with van der Waals surface area (Å²) in [6.07, 6.45) is 4.25. The number of halogens is 1. The number of ether oxygens (including phenoxy) is 1. The summed E-state index contributed by atoms with van der Waals surface area (Å²) in [7, 11) is 1.60. The van der Waals surface area contributed by atoms with E-state index in [2.05, 4.69) is 38.1 Å². The van der Waals surface area contributed by atoms with E-state index in [9.17, 15) is 0 Å². The molecular weight excluding hydrogens is 302 g/mol. The smallest absolute Gasteiger partial charge is 0.232 e. The molecule has 1 N–H and O–H groups in total. The quantitative estimate of drug-likeness (QED) is 0.925. The SMILES string of the molecule is COc1nc(NCC2(C)CCCS2)ncc1Br. The number of thioether (sulfide) groups is 1. The predicted molar refractivity (Wildman–Crippen MR) is 74.9 cm³/mol. The largest absolute Gasteiger partial charge is 0.480 e. The van der Waals surface area contributed by atoms with E-state index in [1.54, 1.807) is 13.3 Å². The second kappa shape index (κ2) is 5.44. The van der Waals surface area contributed by atoms with E-state index in [0.717, 1.165) is 11.0 Å². The van der Waals surface area contributed by atoms with E-state index in [0.29, 0.717) is 16.6 Å². The van der Waals surface area contributed by atoms with Gasteiger partial charge in [-0.1, -0.05) is 0 Å². The van der Waals surface area contributed by atoms with Crippen molar-refractivity contribution in [3.63, 3.8) is 0 Å². The van der Waals surface area contributed by atoms with Gasteiger partial charge in [0.15, 0.2) is 0 Å². The Morgan fingerprint density at radius 2 is 2.47 bits per heavy atom. The van der Waals surface area contributed by atoms with Crippen molar-refractivity contribution in [1.82, 2.24) is 9.97 Å². The lowest BCUT2D eigenvalue weighted by Gasteiger charge is -2.22. The van der Waals surface area contributed by atoms with E-state index in [4.69, 9.17) is 4.74 Å². The Morgan fingerprint density at radius 3 is 3.12 bits per heavy atom. The summed E-state index contributed by atoms with van der Waals surface area (Å²) in [5, 5.41) is 3.29. The average Bonchev–Trinajstić information content (AvgIpc) is 2.76. The summed E-state index contributed by atoms with van der Waals surface area (Å²) in [5.41, 5.74) is 0. The molecule has 2 heterocycles. The molecule has 1 aliphatic heterocycles. The summed E-state index contributed by atoms with van der Waals surface area (Å²) >= 11 is 5.36. The molecule has 0 aliphatic carbocycles. The number of rotatable bonds is 4.